The van der Waals surface area contributed by atoms with Crippen LogP contribution < -0.4 is 11.1 Å². The standard InChI is InChI=1S/C11H12N2O4/c12-7(9(14)15)5-11(17)6-3-1-2-4-8(6)13-10(11)16/h1-4,7,17H,5,12H2,(H,13,16)(H,14,15)/t7-,11?/m0/s1. The second kappa shape index (κ2) is 3.83. The summed E-state index contributed by atoms with van der Waals surface area (Å²) in [6.45, 7) is 0. The highest BCUT2D eigenvalue weighted by atomic mass is 16.4. The molecule has 0 bridgehead atoms. The second-order valence-corrected chi connectivity index (χ2v) is 4.01. The lowest BCUT2D eigenvalue weighted by atomic mass is 9.89. The van der Waals surface area contributed by atoms with Gasteiger partial charge >= 0.3 is 5.97 Å². The number of aliphatic hydroxyl groups is 1. The number of hydrogen-bond acceptors (Lipinski definition) is 4. The highest BCUT2D eigenvalue weighted by Gasteiger charge is 2.46. The minimum absolute atomic E-state index is 0.356. The zero-order valence-corrected chi connectivity index (χ0v) is 8.88. The Morgan fingerprint density at radius 2 is 2.12 bits per heavy atom. The Balaban J connectivity index is 2.37. The first kappa shape index (κ1) is 11.6. The van der Waals surface area contributed by atoms with E-state index in [0.717, 1.165) is 0 Å². The normalized spacial score (nSPS) is 24.0. The lowest BCUT2D eigenvalue weighted by molar-refractivity contribution is -0.143. The van der Waals surface area contributed by atoms with Crippen molar-refractivity contribution in [3.8, 4) is 0 Å². The minimum atomic E-state index is -1.87. The van der Waals surface area contributed by atoms with Crippen molar-refractivity contribution in [2.45, 2.75) is 18.1 Å². The van der Waals surface area contributed by atoms with Gasteiger partial charge in [-0.05, 0) is 6.07 Å². The van der Waals surface area contributed by atoms with Crippen molar-refractivity contribution < 1.29 is 19.8 Å². The van der Waals surface area contributed by atoms with E-state index in [0.29, 0.717) is 11.3 Å². The molecule has 0 aromatic heterocycles. The number of carbonyl (C=O) groups is 2. The molecule has 0 fully saturated rings. The molecule has 6 nitrogen and oxygen atoms in total. The highest BCUT2D eigenvalue weighted by molar-refractivity contribution is 6.05. The molecule has 0 radical (unpaired) electrons. The summed E-state index contributed by atoms with van der Waals surface area (Å²) in [5.74, 6) is -1.90. The van der Waals surface area contributed by atoms with E-state index in [1.54, 1.807) is 24.3 Å². The number of anilines is 1. The first-order chi connectivity index (χ1) is 7.95. The maximum absolute atomic E-state index is 11.7. The van der Waals surface area contributed by atoms with Gasteiger partial charge in [0.1, 0.15) is 6.04 Å². The zero-order chi connectivity index (χ0) is 12.6. The van der Waals surface area contributed by atoms with Crippen LogP contribution >= 0.6 is 0 Å². The van der Waals surface area contributed by atoms with Crippen molar-refractivity contribution in [1.29, 1.82) is 0 Å². The van der Waals surface area contributed by atoms with Gasteiger partial charge in [0, 0.05) is 17.7 Å². The molecule has 1 amide bonds. The van der Waals surface area contributed by atoms with E-state index in [9.17, 15) is 14.7 Å². The van der Waals surface area contributed by atoms with Gasteiger partial charge in [0.2, 0.25) is 0 Å². The third-order valence-corrected chi connectivity index (χ3v) is 2.83. The lowest BCUT2D eigenvalue weighted by Crippen LogP contribution is -2.43. The van der Waals surface area contributed by atoms with Gasteiger partial charge in [0.25, 0.3) is 5.91 Å². The van der Waals surface area contributed by atoms with Gasteiger partial charge in [-0.1, -0.05) is 18.2 Å². The van der Waals surface area contributed by atoms with Gasteiger partial charge in [-0.25, -0.2) is 0 Å². The van der Waals surface area contributed by atoms with E-state index < -0.39 is 23.5 Å². The summed E-state index contributed by atoms with van der Waals surface area (Å²) >= 11 is 0. The van der Waals surface area contributed by atoms with Crippen molar-refractivity contribution in [3.63, 3.8) is 0 Å². The lowest BCUT2D eigenvalue weighted by Gasteiger charge is -2.22. The Morgan fingerprint density at radius 3 is 2.76 bits per heavy atom. The zero-order valence-electron chi connectivity index (χ0n) is 8.88. The molecular weight excluding hydrogens is 224 g/mol. The molecule has 17 heavy (non-hydrogen) atoms. The van der Waals surface area contributed by atoms with Crippen LogP contribution in [0.4, 0.5) is 5.69 Å². The first-order valence-corrected chi connectivity index (χ1v) is 5.07. The van der Waals surface area contributed by atoms with Crippen LogP contribution in [0.5, 0.6) is 0 Å². The number of carboxylic acid groups (broad SMARTS) is 1. The molecule has 1 aliphatic rings. The predicted octanol–water partition coefficient (Wildman–Crippen LogP) is -0.372. The summed E-state index contributed by atoms with van der Waals surface area (Å²) in [5.41, 5.74) is 4.34. The number of hydrogen-bond donors (Lipinski definition) is 4. The molecule has 1 unspecified atom stereocenters. The van der Waals surface area contributed by atoms with Gasteiger partial charge in [0.15, 0.2) is 5.60 Å². The molecule has 5 N–H and O–H groups in total. The quantitative estimate of drug-likeness (QED) is 0.572. The second-order valence-electron chi connectivity index (χ2n) is 4.01. The summed E-state index contributed by atoms with van der Waals surface area (Å²) in [6, 6.07) is 5.29. The monoisotopic (exact) mass is 236 g/mol. The molecule has 2 rings (SSSR count). The summed E-state index contributed by atoms with van der Waals surface area (Å²) in [7, 11) is 0. The molecule has 1 aliphatic heterocycles. The van der Waals surface area contributed by atoms with Gasteiger partial charge in [-0.15, -0.1) is 0 Å². The Hall–Kier alpha value is -1.92. The average molecular weight is 236 g/mol. The van der Waals surface area contributed by atoms with Crippen LogP contribution in [0.2, 0.25) is 0 Å². The van der Waals surface area contributed by atoms with Crippen molar-refractivity contribution in [3.05, 3.63) is 29.8 Å². The smallest absolute Gasteiger partial charge is 0.320 e. The summed E-state index contributed by atoms with van der Waals surface area (Å²) in [5, 5.41) is 21.5. The third-order valence-electron chi connectivity index (χ3n) is 2.83. The molecule has 2 atom stereocenters. The maximum Gasteiger partial charge on any atom is 0.320 e. The number of rotatable bonds is 3. The van der Waals surface area contributed by atoms with Crippen LogP contribution in [0.25, 0.3) is 0 Å². The molecule has 0 spiro atoms. The molecule has 6 heteroatoms. The number of nitrogens with one attached hydrogen (secondary N) is 1. The number of amides is 1. The molecule has 0 saturated carbocycles. The van der Waals surface area contributed by atoms with Crippen LogP contribution in [0.15, 0.2) is 24.3 Å². The number of carbonyl (C=O) groups excluding carboxylic acids is 1. The van der Waals surface area contributed by atoms with Crippen LogP contribution in [0, 0.1) is 0 Å². The van der Waals surface area contributed by atoms with Crippen molar-refractivity contribution in [2.24, 2.45) is 5.73 Å². The molecule has 1 aromatic carbocycles. The largest absolute Gasteiger partial charge is 0.480 e. The Labute approximate surface area is 97.1 Å². The van der Waals surface area contributed by atoms with Gasteiger partial charge in [-0.3, -0.25) is 9.59 Å². The molecule has 0 aliphatic carbocycles. The SMILES string of the molecule is N[C@@H](CC1(O)C(=O)Nc2ccccc21)C(=O)O. The number of carboxylic acids is 1. The third kappa shape index (κ3) is 1.77. The number of aliphatic carboxylic acids is 1. The van der Waals surface area contributed by atoms with Crippen LogP contribution in [-0.2, 0) is 15.2 Å². The predicted molar refractivity (Wildman–Crippen MR) is 59.2 cm³/mol. The van der Waals surface area contributed by atoms with Crippen LogP contribution in [0.3, 0.4) is 0 Å². The molecule has 0 saturated heterocycles. The Morgan fingerprint density at radius 1 is 1.47 bits per heavy atom. The summed E-state index contributed by atoms with van der Waals surface area (Å²) in [4.78, 5) is 22.4. The Bertz CT molecular complexity index is 488. The number of fused-ring (bicyclic) bond motifs is 1. The topological polar surface area (TPSA) is 113 Å². The van der Waals surface area contributed by atoms with E-state index in [-0.39, 0.29) is 6.42 Å². The highest BCUT2D eigenvalue weighted by Crippen LogP contribution is 2.38. The average Bonchev–Trinajstić information content (AvgIpc) is 2.52. The molecule has 1 heterocycles. The van der Waals surface area contributed by atoms with Gasteiger partial charge in [0.05, 0.1) is 0 Å². The van der Waals surface area contributed by atoms with Crippen molar-refractivity contribution >= 4 is 17.6 Å². The van der Waals surface area contributed by atoms with Crippen molar-refractivity contribution in [2.75, 3.05) is 5.32 Å². The maximum atomic E-state index is 11.7. The van der Waals surface area contributed by atoms with Crippen LogP contribution in [-0.4, -0.2) is 28.1 Å². The summed E-state index contributed by atoms with van der Waals surface area (Å²) < 4.78 is 0. The van der Waals surface area contributed by atoms with Gasteiger partial charge < -0.3 is 21.3 Å². The number of para-hydroxylation sites is 1. The number of benzene rings is 1. The minimum Gasteiger partial charge on any atom is -0.480 e. The van der Waals surface area contributed by atoms with Gasteiger partial charge in [-0.2, -0.15) is 0 Å². The molecule has 1 aromatic rings. The molecular formula is C11H12N2O4. The van der Waals surface area contributed by atoms with E-state index in [1.807, 2.05) is 0 Å². The van der Waals surface area contributed by atoms with E-state index in [4.69, 9.17) is 10.8 Å². The van der Waals surface area contributed by atoms with Crippen molar-refractivity contribution in [1.82, 2.24) is 0 Å². The summed E-state index contributed by atoms with van der Waals surface area (Å²) in [6.07, 6.45) is -0.356. The fourth-order valence-corrected chi connectivity index (χ4v) is 1.91. The van der Waals surface area contributed by atoms with Crippen LogP contribution in [0.1, 0.15) is 12.0 Å². The fraction of sp³-hybridized carbons (Fsp3) is 0.273. The van der Waals surface area contributed by atoms with E-state index in [2.05, 4.69) is 5.32 Å². The fourth-order valence-electron chi connectivity index (χ4n) is 1.91. The first-order valence-electron chi connectivity index (χ1n) is 5.07. The number of nitrogens with two attached hydrogens (primary N) is 1. The Kier molecular flexibility index (Phi) is 2.60. The van der Waals surface area contributed by atoms with E-state index in [1.165, 1.54) is 0 Å². The van der Waals surface area contributed by atoms with E-state index >= 15 is 0 Å². The molecule has 90 valence electrons.